The van der Waals surface area contributed by atoms with Gasteiger partial charge in [0.2, 0.25) is 0 Å². The normalized spacial score (nSPS) is 19.0. The summed E-state index contributed by atoms with van der Waals surface area (Å²) >= 11 is 0. The maximum atomic E-state index is 10.9. The van der Waals surface area contributed by atoms with Crippen molar-refractivity contribution in [1.82, 2.24) is 0 Å². The fourth-order valence-electron chi connectivity index (χ4n) is 1.43. The van der Waals surface area contributed by atoms with Gasteiger partial charge >= 0.3 is 5.78 Å². The fourth-order valence-corrected chi connectivity index (χ4v) is 1.43. The number of ketones is 2. The van der Waals surface area contributed by atoms with Gasteiger partial charge in [-0.3, -0.25) is 9.22 Å². The molecule has 0 fully saturated rings. The largest absolute Gasteiger partial charge is 0.343 e. The molecule has 0 atom stereocenters. The first-order valence-corrected chi connectivity index (χ1v) is 4.71. The molecule has 0 aliphatic heterocycles. The van der Waals surface area contributed by atoms with Gasteiger partial charge in [0, 0.05) is 12.2 Å². The van der Waals surface area contributed by atoms with Crippen molar-refractivity contribution in [1.29, 1.82) is 0 Å². The second-order valence-corrected chi connectivity index (χ2v) is 3.25. The van der Waals surface area contributed by atoms with Crippen LogP contribution < -0.4 is 0 Å². The highest BCUT2D eigenvalue weighted by Crippen LogP contribution is 2.17. The molecule has 2 aliphatic rings. The second kappa shape index (κ2) is 4.05. The van der Waals surface area contributed by atoms with Gasteiger partial charge in [0.25, 0.3) is 7.11 Å². The number of carbonyl (C=O) groups excluding carboxylic acids is 2. The van der Waals surface area contributed by atoms with Crippen LogP contribution >= 0.6 is 0 Å². The van der Waals surface area contributed by atoms with Crippen molar-refractivity contribution in [3.63, 3.8) is 0 Å². The van der Waals surface area contributed by atoms with Gasteiger partial charge in [0.1, 0.15) is 0 Å². The van der Waals surface area contributed by atoms with Crippen molar-refractivity contribution in [3.05, 3.63) is 59.8 Å². The van der Waals surface area contributed by atoms with Gasteiger partial charge < -0.3 is 0 Å². The van der Waals surface area contributed by atoms with Gasteiger partial charge in [-0.15, -0.1) is 0 Å². The standard InChI is InChI=1S/C13H11O2/c1-15-13-8-4-11(5-9-13)10-2-6-12(14)7-3-10/h2-9H,1H3/q+1. The summed E-state index contributed by atoms with van der Waals surface area (Å²) < 4.78 is 5.07. The van der Waals surface area contributed by atoms with E-state index >= 15 is 0 Å². The van der Waals surface area contributed by atoms with Crippen molar-refractivity contribution >= 4 is 11.6 Å². The number of allylic oxidation sites excluding steroid dienone is 10. The Morgan fingerprint density at radius 2 is 1.27 bits per heavy atom. The van der Waals surface area contributed by atoms with Gasteiger partial charge in [-0.05, 0) is 35.5 Å². The Bertz CT molecular complexity index is 433. The Balaban J connectivity index is 2.31. The lowest BCUT2D eigenvalue weighted by Crippen LogP contribution is -1.98. The van der Waals surface area contributed by atoms with Gasteiger partial charge in [0.05, 0.1) is 0 Å². The molecule has 0 N–H and O–H groups in total. The summed E-state index contributed by atoms with van der Waals surface area (Å²) in [5, 5.41) is 0. The van der Waals surface area contributed by atoms with E-state index in [4.69, 9.17) is 4.42 Å². The van der Waals surface area contributed by atoms with Crippen molar-refractivity contribution in [2.24, 2.45) is 0 Å². The Labute approximate surface area is 88.3 Å². The average Bonchev–Trinajstić information content (AvgIpc) is 2.30. The molecule has 0 spiro atoms. The van der Waals surface area contributed by atoms with Gasteiger partial charge in [0.15, 0.2) is 5.78 Å². The summed E-state index contributed by atoms with van der Waals surface area (Å²) in [6.45, 7) is 0. The molecule has 0 aromatic rings. The highest BCUT2D eigenvalue weighted by molar-refractivity contribution is 6.03. The van der Waals surface area contributed by atoms with Gasteiger partial charge in [-0.2, -0.15) is 0 Å². The molecule has 0 radical (unpaired) electrons. The van der Waals surface area contributed by atoms with E-state index < -0.39 is 0 Å². The summed E-state index contributed by atoms with van der Waals surface area (Å²) in [6.07, 6.45) is 14.5. The van der Waals surface area contributed by atoms with Crippen molar-refractivity contribution in [2.45, 2.75) is 0 Å². The molecular formula is C13H11O2+. The minimum atomic E-state index is 0.0345. The third-order valence-corrected chi connectivity index (χ3v) is 2.28. The third-order valence-electron chi connectivity index (χ3n) is 2.28. The maximum Gasteiger partial charge on any atom is 0.343 e. The number of hydrogen-bond acceptors (Lipinski definition) is 1. The maximum absolute atomic E-state index is 10.9. The number of rotatable bonds is 0. The van der Waals surface area contributed by atoms with Crippen LogP contribution in [-0.2, 0) is 9.22 Å². The predicted molar refractivity (Wildman–Crippen MR) is 59.5 cm³/mol. The Kier molecular flexibility index (Phi) is 2.59. The van der Waals surface area contributed by atoms with Crippen LogP contribution in [-0.4, -0.2) is 18.7 Å². The minimum Gasteiger partial charge on any atom is -0.290 e. The SMILES string of the molecule is C[O+]=C1C=CC(=C2C=CC(=O)C=C2)C=C1. The van der Waals surface area contributed by atoms with E-state index in [0.717, 1.165) is 16.9 Å². The van der Waals surface area contributed by atoms with Crippen LogP contribution in [0, 0.1) is 0 Å². The summed E-state index contributed by atoms with van der Waals surface area (Å²) in [5.74, 6) is 0.867. The van der Waals surface area contributed by atoms with E-state index in [1.54, 1.807) is 19.3 Å². The van der Waals surface area contributed by atoms with E-state index in [1.165, 1.54) is 0 Å². The van der Waals surface area contributed by atoms with Gasteiger partial charge in [-0.1, -0.05) is 12.2 Å². The van der Waals surface area contributed by atoms with Crippen molar-refractivity contribution in [3.8, 4) is 0 Å². The molecule has 2 rings (SSSR count). The molecule has 0 saturated carbocycles. The molecule has 2 aliphatic carbocycles. The van der Waals surface area contributed by atoms with Crippen LogP contribution in [0.3, 0.4) is 0 Å². The Morgan fingerprint density at radius 1 is 0.800 bits per heavy atom. The van der Waals surface area contributed by atoms with E-state index in [9.17, 15) is 4.79 Å². The number of hydrogen-bond donors (Lipinski definition) is 0. The Hall–Kier alpha value is -1.96. The first-order valence-electron chi connectivity index (χ1n) is 4.71. The molecule has 0 heterocycles. The van der Waals surface area contributed by atoms with Crippen LogP contribution in [0.15, 0.2) is 59.8 Å². The molecule has 0 amide bonds. The molecule has 0 aromatic heterocycles. The summed E-state index contributed by atoms with van der Waals surface area (Å²) in [5.41, 5.74) is 2.12. The quantitative estimate of drug-likeness (QED) is 0.547. The van der Waals surface area contributed by atoms with Crippen molar-refractivity contribution in [2.75, 3.05) is 7.11 Å². The summed E-state index contributed by atoms with van der Waals surface area (Å²) in [7, 11) is 1.64. The molecule has 0 bridgehead atoms. The lowest BCUT2D eigenvalue weighted by atomic mass is 9.99. The topological polar surface area (TPSA) is 28.4 Å². The third kappa shape index (κ3) is 2.10. The highest BCUT2D eigenvalue weighted by atomic mass is 16.4. The van der Waals surface area contributed by atoms with Crippen molar-refractivity contribution < 1.29 is 9.22 Å². The molecule has 0 aromatic carbocycles. The first-order chi connectivity index (χ1) is 7.29. The zero-order valence-electron chi connectivity index (χ0n) is 8.44. The minimum absolute atomic E-state index is 0.0345. The van der Waals surface area contributed by atoms with E-state index in [1.807, 2.05) is 36.5 Å². The van der Waals surface area contributed by atoms with Crippen LogP contribution in [0.25, 0.3) is 0 Å². The average molecular weight is 199 g/mol. The Morgan fingerprint density at radius 3 is 1.73 bits per heavy atom. The van der Waals surface area contributed by atoms with Crippen LogP contribution in [0.5, 0.6) is 0 Å². The second-order valence-electron chi connectivity index (χ2n) is 3.25. The molecule has 2 nitrogen and oxygen atoms in total. The molecule has 0 unspecified atom stereocenters. The highest BCUT2D eigenvalue weighted by Gasteiger charge is 2.08. The van der Waals surface area contributed by atoms with E-state index in [2.05, 4.69) is 0 Å². The van der Waals surface area contributed by atoms with E-state index in [0.29, 0.717) is 0 Å². The molecule has 0 saturated heterocycles. The zero-order valence-corrected chi connectivity index (χ0v) is 8.44. The van der Waals surface area contributed by atoms with Crippen LogP contribution in [0.1, 0.15) is 0 Å². The van der Waals surface area contributed by atoms with E-state index in [-0.39, 0.29) is 5.78 Å². The first kappa shape index (κ1) is 9.59. The summed E-state index contributed by atoms with van der Waals surface area (Å²) in [6, 6.07) is 0. The monoisotopic (exact) mass is 199 g/mol. The zero-order chi connectivity index (χ0) is 10.7. The van der Waals surface area contributed by atoms with Crippen LogP contribution in [0.4, 0.5) is 0 Å². The lowest BCUT2D eigenvalue weighted by molar-refractivity contribution is -0.417. The molecule has 2 heteroatoms. The van der Waals surface area contributed by atoms with Gasteiger partial charge in [-0.25, -0.2) is 0 Å². The van der Waals surface area contributed by atoms with Crippen LogP contribution in [0.2, 0.25) is 0 Å². The lowest BCUT2D eigenvalue weighted by Gasteiger charge is -2.04. The molecule has 74 valence electrons. The molecular weight excluding hydrogens is 188 g/mol. The number of carbonyl (C=O) groups is 1. The smallest absolute Gasteiger partial charge is 0.290 e. The fraction of sp³-hybridized carbons (Fsp3) is 0.0769. The predicted octanol–water partition coefficient (Wildman–Crippen LogP) is 1.84. The summed E-state index contributed by atoms with van der Waals surface area (Å²) in [4.78, 5) is 10.9. The molecule has 15 heavy (non-hydrogen) atoms.